The van der Waals surface area contributed by atoms with Gasteiger partial charge in [0.25, 0.3) is 0 Å². The molecule has 1 aliphatic rings. The molecule has 2 rings (SSSR count). The molecule has 0 bridgehead atoms. The van der Waals surface area contributed by atoms with Gasteiger partial charge in [-0.3, -0.25) is 0 Å². The van der Waals surface area contributed by atoms with Gasteiger partial charge in [0, 0.05) is 24.9 Å². The van der Waals surface area contributed by atoms with Crippen molar-refractivity contribution in [1.82, 2.24) is 15.3 Å². The molecule has 2 atom stereocenters. The van der Waals surface area contributed by atoms with Gasteiger partial charge in [-0.1, -0.05) is 0 Å². The van der Waals surface area contributed by atoms with Crippen LogP contribution in [0.4, 0.5) is 0 Å². The SMILES string of the molecule is CNC(c1ncc[nH]1)C1CCOC1. The summed E-state index contributed by atoms with van der Waals surface area (Å²) in [6.45, 7) is 1.72. The summed E-state index contributed by atoms with van der Waals surface area (Å²) < 4.78 is 5.36. The number of hydrogen-bond donors (Lipinski definition) is 2. The van der Waals surface area contributed by atoms with Crippen LogP contribution in [0.1, 0.15) is 18.3 Å². The van der Waals surface area contributed by atoms with Crippen LogP contribution in [0.2, 0.25) is 0 Å². The van der Waals surface area contributed by atoms with Crippen LogP contribution in [0.3, 0.4) is 0 Å². The molecule has 2 N–H and O–H groups in total. The van der Waals surface area contributed by atoms with E-state index in [-0.39, 0.29) is 0 Å². The van der Waals surface area contributed by atoms with E-state index in [1.807, 2.05) is 13.2 Å². The maximum Gasteiger partial charge on any atom is 0.123 e. The minimum absolute atomic E-state index is 0.303. The summed E-state index contributed by atoms with van der Waals surface area (Å²) in [7, 11) is 1.96. The third-order valence-corrected chi connectivity index (χ3v) is 2.56. The molecule has 4 nitrogen and oxygen atoms in total. The molecular formula is C9H15N3O. The van der Waals surface area contributed by atoms with Crippen LogP contribution < -0.4 is 5.32 Å². The van der Waals surface area contributed by atoms with E-state index in [1.165, 1.54) is 0 Å². The Bertz CT molecular complexity index is 241. The minimum atomic E-state index is 0.303. The number of aromatic nitrogens is 2. The van der Waals surface area contributed by atoms with E-state index in [0.29, 0.717) is 12.0 Å². The second-order valence-electron chi connectivity index (χ2n) is 3.36. The number of nitrogens with zero attached hydrogens (tertiary/aromatic N) is 1. The molecule has 2 heterocycles. The van der Waals surface area contributed by atoms with E-state index < -0.39 is 0 Å². The van der Waals surface area contributed by atoms with Crippen LogP contribution in [-0.4, -0.2) is 30.2 Å². The van der Waals surface area contributed by atoms with Crippen LogP contribution in [0.25, 0.3) is 0 Å². The molecule has 72 valence electrons. The van der Waals surface area contributed by atoms with Crippen molar-refractivity contribution in [3.05, 3.63) is 18.2 Å². The lowest BCUT2D eigenvalue weighted by atomic mass is 9.99. The standard InChI is InChI=1S/C9H15N3O/c1-10-8(7-2-5-13-6-7)9-11-3-4-12-9/h3-4,7-8,10H,2,5-6H2,1H3,(H,11,12). The normalized spacial score (nSPS) is 24.8. The average Bonchev–Trinajstić information content (AvgIpc) is 2.76. The zero-order valence-corrected chi connectivity index (χ0v) is 7.79. The third-order valence-electron chi connectivity index (χ3n) is 2.56. The Balaban J connectivity index is 2.08. The maximum absolute atomic E-state index is 5.36. The van der Waals surface area contributed by atoms with Gasteiger partial charge in [-0.25, -0.2) is 4.98 Å². The van der Waals surface area contributed by atoms with Crippen molar-refractivity contribution in [2.75, 3.05) is 20.3 Å². The quantitative estimate of drug-likeness (QED) is 0.722. The van der Waals surface area contributed by atoms with Gasteiger partial charge < -0.3 is 15.0 Å². The van der Waals surface area contributed by atoms with E-state index >= 15 is 0 Å². The lowest BCUT2D eigenvalue weighted by molar-refractivity contribution is 0.177. The summed E-state index contributed by atoms with van der Waals surface area (Å²) in [4.78, 5) is 7.39. The first kappa shape index (κ1) is 8.72. The fraction of sp³-hybridized carbons (Fsp3) is 0.667. The predicted octanol–water partition coefficient (Wildman–Crippen LogP) is 0.707. The van der Waals surface area contributed by atoms with Crippen molar-refractivity contribution >= 4 is 0 Å². The lowest BCUT2D eigenvalue weighted by Crippen LogP contribution is -2.26. The molecule has 0 radical (unpaired) electrons. The summed E-state index contributed by atoms with van der Waals surface area (Å²) in [6, 6.07) is 0.303. The van der Waals surface area contributed by atoms with Gasteiger partial charge in [-0.2, -0.15) is 0 Å². The lowest BCUT2D eigenvalue weighted by Gasteiger charge is -2.19. The number of aromatic amines is 1. The molecule has 1 aromatic rings. The molecule has 0 aromatic carbocycles. The van der Waals surface area contributed by atoms with Crippen LogP contribution >= 0.6 is 0 Å². The molecule has 4 heteroatoms. The topological polar surface area (TPSA) is 49.9 Å². The van der Waals surface area contributed by atoms with Crippen molar-refractivity contribution < 1.29 is 4.74 Å². The van der Waals surface area contributed by atoms with E-state index in [1.54, 1.807) is 6.20 Å². The zero-order chi connectivity index (χ0) is 9.10. The van der Waals surface area contributed by atoms with Crippen LogP contribution in [-0.2, 0) is 4.74 Å². The highest BCUT2D eigenvalue weighted by molar-refractivity contribution is 4.98. The van der Waals surface area contributed by atoms with Crippen LogP contribution in [0.5, 0.6) is 0 Å². The van der Waals surface area contributed by atoms with Gasteiger partial charge in [-0.15, -0.1) is 0 Å². The first-order valence-electron chi connectivity index (χ1n) is 4.66. The van der Waals surface area contributed by atoms with Crippen molar-refractivity contribution in [2.45, 2.75) is 12.5 Å². The second-order valence-corrected chi connectivity index (χ2v) is 3.36. The Morgan fingerprint density at radius 1 is 1.77 bits per heavy atom. The van der Waals surface area contributed by atoms with Crippen LogP contribution in [0.15, 0.2) is 12.4 Å². The number of H-pyrrole nitrogens is 1. The van der Waals surface area contributed by atoms with Gasteiger partial charge >= 0.3 is 0 Å². The summed E-state index contributed by atoms with van der Waals surface area (Å²) in [5, 5.41) is 3.27. The average molecular weight is 181 g/mol. The molecule has 1 fully saturated rings. The van der Waals surface area contributed by atoms with Crippen LogP contribution in [0, 0.1) is 5.92 Å². The van der Waals surface area contributed by atoms with Gasteiger partial charge in [0.2, 0.25) is 0 Å². The highest BCUT2D eigenvalue weighted by atomic mass is 16.5. The molecule has 1 aromatic heterocycles. The molecule has 0 spiro atoms. The number of ether oxygens (including phenoxy) is 1. The van der Waals surface area contributed by atoms with Crippen molar-refractivity contribution in [2.24, 2.45) is 5.92 Å². The Kier molecular flexibility index (Phi) is 2.61. The third kappa shape index (κ3) is 1.73. The summed E-state index contributed by atoms with van der Waals surface area (Å²) in [6.07, 6.45) is 4.76. The fourth-order valence-electron chi connectivity index (χ4n) is 1.86. The van der Waals surface area contributed by atoms with E-state index in [2.05, 4.69) is 15.3 Å². The first-order chi connectivity index (χ1) is 6.42. The van der Waals surface area contributed by atoms with Gasteiger partial charge in [-0.05, 0) is 13.5 Å². The van der Waals surface area contributed by atoms with Gasteiger partial charge in [0.1, 0.15) is 5.82 Å². The van der Waals surface area contributed by atoms with Crippen molar-refractivity contribution in [1.29, 1.82) is 0 Å². The van der Waals surface area contributed by atoms with Gasteiger partial charge in [0.15, 0.2) is 0 Å². The highest BCUT2D eigenvalue weighted by Gasteiger charge is 2.27. The number of nitrogens with one attached hydrogen (secondary N) is 2. The van der Waals surface area contributed by atoms with Gasteiger partial charge in [0.05, 0.1) is 12.6 Å². The van der Waals surface area contributed by atoms with E-state index in [9.17, 15) is 0 Å². The molecule has 1 saturated heterocycles. The summed E-state index contributed by atoms with van der Waals surface area (Å²) in [5.74, 6) is 1.56. The number of hydrogen-bond acceptors (Lipinski definition) is 3. The van der Waals surface area contributed by atoms with E-state index in [4.69, 9.17) is 4.74 Å². The molecule has 0 aliphatic carbocycles. The largest absolute Gasteiger partial charge is 0.381 e. The zero-order valence-electron chi connectivity index (χ0n) is 7.79. The highest BCUT2D eigenvalue weighted by Crippen LogP contribution is 2.25. The number of imidazole rings is 1. The van der Waals surface area contributed by atoms with E-state index in [0.717, 1.165) is 25.5 Å². The predicted molar refractivity (Wildman–Crippen MR) is 49.3 cm³/mol. The fourth-order valence-corrected chi connectivity index (χ4v) is 1.86. The monoisotopic (exact) mass is 181 g/mol. The molecule has 0 saturated carbocycles. The Morgan fingerprint density at radius 2 is 2.69 bits per heavy atom. The Morgan fingerprint density at radius 3 is 3.23 bits per heavy atom. The second kappa shape index (κ2) is 3.89. The van der Waals surface area contributed by atoms with Crippen molar-refractivity contribution in [3.8, 4) is 0 Å². The molecule has 0 amide bonds. The first-order valence-corrected chi connectivity index (χ1v) is 4.66. The smallest absolute Gasteiger partial charge is 0.123 e. The molecule has 2 unspecified atom stereocenters. The summed E-state index contributed by atoms with van der Waals surface area (Å²) >= 11 is 0. The molecule has 13 heavy (non-hydrogen) atoms. The van der Waals surface area contributed by atoms with Crippen molar-refractivity contribution in [3.63, 3.8) is 0 Å². The maximum atomic E-state index is 5.36. The molecular weight excluding hydrogens is 166 g/mol. The minimum Gasteiger partial charge on any atom is -0.381 e. The summed E-state index contributed by atoms with van der Waals surface area (Å²) in [5.41, 5.74) is 0. The molecule has 1 aliphatic heterocycles. The Hall–Kier alpha value is -0.870. The number of rotatable bonds is 3. The Labute approximate surface area is 77.7 Å².